The molecule has 1 saturated carbocycles. The van der Waals surface area contributed by atoms with Crippen LogP contribution in [-0.2, 0) is 10.0 Å². The van der Waals surface area contributed by atoms with E-state index in [1.54, 1.807) is 25.3 Å². The minimum Gasteiger partial charge on any atom is -0.496 e. The van der Waals surface area contributed by atoms with E-state index >= 15 is 0 Å². The topological polar surface area (TPSA) is 90.4 Å². The highest BCUT2D eigenvalue weighted by Crippen LogP contribution is 2.25. The number of methoxy groups -OCH3 is 1. The molecular weight excluding hydrogens is 378 g/mol. The number of benzene rings is 1. The van der Waals surface area contributed by atoms with Crippen LogP contribution in [-0.4, -0.2) is 37.6 Å². The first-order valence-corrected chi connectivity index (χ1v) is 10.9. The van der Waals surface area contributed by atoms with E-state index in [9.17, 15) is 8.42 Å². The van der Waals surface area contributed by atoms with Gasteiger partial charge in [0.15, 0.2) is 0 Å². The van der Waals surface area contributed by atoms with E-state index in [-0.39, 0.29) is 17.0 Å². The SMILES string of the molecule is COc1ccc(S(=O)(=O)NC2CCC(Oc3nc(C)cc(C)n3)CC2)cc1C. The van der Waals surface area contributed by atoms with Crippen molar-refractivity contribution < 1.29 is 17.9 Å². The van der Waals surface area contributed by atoms with Crippen LogP contribution in [0.1, 0.15) is 42.6 Å². The molecule has 0 aliphatic heterocycles. The summed E-state index contributed by atoms with van der Waals surface area (Å²) in [4.78, 5) is 8.88. The van der Waals surface area contributed by atoms with Gasteiger partial charge in [-0.3, -0.25) is 0 Å². The van der Waals surface area contributed by atoms with Gasteiger partial charge in [0.2, 0.25) is 10.0 Å². The summed E-state index contributed by atoms with van der Waals surface area (Å²) in [5.41, 5.74) is 2.54. The van der Waals surface area contributed by atoms with Gasteiger partial charge >= 0.3 is 6.01 Å². The van der Waals surface area contributed by atoms with Crippen LogP contribution in [0.2, 0.25) is 0 Å². The Kier molecular flexibility index (Phi) is 6.20. The first-order chi connectivity index (χ1) is 13.3. The fourth-order valence-corrected chi connectivity index (χ4v) is 4.89. The second-order valence-electron chi connectivity index (χ2n) is 7.28. The Morgan fingerprint density at radius 2 is 1.64 bits per heavy atom. The van der Waals surface area contributed by atoms with Crippen molar-refractivity contribution >= 4 is 10.0 Å². The Morgan fingerprint density at radius 1 is 1.00 bits per heavy atom. The minimum absolute atomic E-state index is 0.00480. The van der Waals surface area contributed by atoms with Crippen molar-refractivity contribution in [2.45, 2.75) is 63.5 Å². The second-order valence-corrected chi connectivity index (χ2v) is 8.99. The van der Waals surface area contributed by atoms with Crippen LogP contribution in [0.4, 0.5) is 0 Å². The highest BCUT2D eigenvalue weighted by atomic mass is 32.2. The molecule has 3 rings (SSSR count). The molecule has 1 aliphatic rings. The molecule has 1 aromatic carbocycles. The third-order valence-corrected chi connectivity index (χ3v) is 6.42. The van der Waals surface area contributed by atoms with Gasteiger partial charge in [-0.25, -0.2) is 23.1 Å². The highest BCUT2D eigenvalue weighted by molar-refractivity contribution is 7.89. The molecule has 0 amide bonds. The second kappa shape index (κ2) is 8.45. The van der Waals surface area contributed by atoms with Crippen LogP contribution in [0.5, 0.6) is 11.8 Å². The lowest BCUT2D eigenvalue weighted by Crippen LogP contribution is -2.39. The number of nitrogens with zero attached hydrogens (tertiary/aromatic N) is 2. The Hall–Kier alpha value is -2.19. The maximum atomic E-state index is 12.7. The van der Waals surface area contributed by atoms with Crippen LogP contribution >= 0.6 is 0 Å². The number of rotatable bonds is 6. The van der Waals surface area contributed by atoms with Crippen LogP contribution in [0, 0.1) is 20.8 Å². The van der Waals surface area contributed by atoms with Gasteiger partial charge in [-0.2, -0.15) is 0 Å². The summed E-state index contributed by atoms with van der Waals surface area (Å²) in [6, 6.07) is 7.08. The minimum atomic E-state index is -3.57. The van der Waals surface area contributed by atoms with Crippen molar-refractivity contribution in [1.82, 2.24) is 14.7 Å². The maximum Gasteiger partial charge on any atom is 0.317 e. The average molecular weight is 406 g/mol. The number of aryl methyl sites for hydroxylation is 3. The molecule has 1 aliphatic carbocycles. The Balaban J connectivity index is 1.58. The quantitative estimate of drug-likeness (QED) is 0.794. The molecule has 0 saturated heterocycles. The lowest BCUT2D eigenvalue weighted by atomic mass is 9.94. The van der Waals surface area contributed by atoms with E-state index in [0.29, 0.717) is 24.6 Å². The smallest absolute Gasteiger partial charge is 0.317 e. The first kappa shape index (κ1) is 20.5. The number of hydrogen-bond acceptors (Lipinski definition) is 6. The first-order valence-electron chi connectivity index (χ1n) is 9.43. The number of sulfonamides is 1. The number of aromatic nitrogens is 2. The van der Waals surface area contributed by atoms with E-state index in [2.05, 4.69) is 14.7 Å². The summed E-state index contributed by atoms with van der Waals surface area (Å²) >= 11 is 0. The molecule has 1 aromatic heterocycles. The van der Waals surface area contributed by atoms with E-state index in [4.69, 9.17) is 9.47 Å². The third-order valence-electron chi connectivity index (χ3n) is 4.91. The van der Waals surface area contributed by atoms with Crippen LogP contribution < -0.4 is 14.2 Å². The largest absolute Gasteiger partial charge is 0.496 e. The normalized spacial score (nSPS) is 20.0. The zero-order chi connectivity index (χ0) is 20.3. The van der Waals surface area contributed by atoms with Gasteiger partial charge in [-0.1, -0.05) is 0 Å². The summed E-state index contributed by atoms with van der Waals surface area (Å²) in [6.45, 7) is 5.65. The molecule has 1 heterocycles. The molecule has 28 heavy (non-hydrogen) atoms. The van der Waals surface area contributed by atoms with E-state index < -0.39 is 10.0 Å². The fourth-order valence-electron chi connectivity index (χ4n) is 3.50. The zero-order valence-corrected chi connectivity index (χ0v) is 17.5. The molecule has 0 unspecified atom stereocenters. The number of ether oxygens (including phenoxy) is 2. The van der Waals surface area contributed by atoms with Gasteiger partial charge in [-0.05, 0) is 76.3 Å². The summed E-state index contributed by atoms with van der Waals surface area (Å²) in [5, 5.41) is 0. The van der Waals surface area contributed by atoms with Gasteiger partial charge in [0.1, 0.15) is 11.9 Å². The zero-order valence-electron chi connectivity index (χ0n) is 16.7. The predicted molar refractivity (Wildman–Crippen MR) is 106 cm³/mol. The van der Waals surface area contributed by atoms with Crippen molar-refractivity contribution in [3.63, 3.8) is 0 Å². The predicted octanol–water partition coefficient (Wildman–Crippen LogP) is 3.08. The Bertz CT molecular complexity index is 918. The molecule has 8 heteroatoms. The van der Waals surface area contributed by atoms with E-state index in [1.165, 1.54) is 0 Å². The summed E-state index contributed by atoms with van der Waals surface area (Å²) < 4.78 is 39.3. The van der Waals surface area contributed by atoms with Gasteiger partial charge < -0.3 is 9.47 Å². The molecular formula is C20H27N3O4S. The Labute approximate surface area is 166 Å². The molecule has 0 atom stereocenters. The summed E-state index contributed by atoms with van der Waals surface area (Å²) in [5.74, 6) is 0.671. The van der Waals surface area contributed by atoms with Crippen molar-refractivity contribution in [3.8, 4) is 11.8 Å². The molecule has 152 valence electrons. The van der Waals surface area contributed by atoms with Gasteiger partial charge in [0, 0.05) is 17.4 Å². The van der Waals surface area contributed by atoms with E-state index in [0.717, 1.165) is 29.8 Å². The summed E-state index contributed by atoms with van der Waals surface area (Å²) in [6.07, 6.45) is 2.94. The molecule has 0 radical (unpaired) electrons. The van der Waals surface area contributed by atoms with Gasteiger partial charge in [0.05, 0.1) is 12.0 Å². The number of hydrogen-bond donors (Lipinski definition) is 1. The summed E-state index contributed by atoms with van der Waals surface area (Å²) in [7, 11) is -2.00. The van der Waals surface area contributed by atoms with Gasteiger partial charge in [0.25, 0.3) is 0 Å². The standard InChI is InChI=1S/C20H27N3O4S/c1-13-11-18(9-10-19(13)26-4)28(24,25)23-16-5-7-17(8-6-16)27-20-21-14(2)12-15(3)22-20/h9-12,16-17,23H,5-8H2,1-4H3. The van der Waals surface area contributed by atoms with E-state index in [1.807, 2.05) is 26.8 Å². The lowest BCUT2D eigenvalue weighted by Gasteiger charge is -2.28. The molecule has 0 bridgehead atoms. The monoisotopic (exact) mass is 405 g/mol. The van der Waals surface area contributed by atoms with Crippen LogP contribution in [0.25, 0.3) is 0 Å². The highest BCUT2D eigenvalue weighted by Gasteiger charge is 2.27. The molecule has 0 spiro atoms. The average Bonchev–Trinajstić information content (AvgIpc) is 2.62. The van der Waals surface area contributed by atoms with Crippen molar-refractivity contribution in [2.24, 2.45) is 0 Å². The van der Waals surface area contributed by atoms with Gasteiger partial charge in [-0.15, -0.1) is 0 Å². The van der Waals surface area contributed by atoms with Crippen LogP contribution in [0.15, 0.2) is 29.2 Å². The third kappa shape index (κ3) is 4.99. The Morgan fingerprint density at radius 3 is 2.21 bits per heavy atom. The van der Waals surface area contributed by atoms with Crippen LogP contribution in [0.3, 0.4) is 0 Å². The lowest BCUT2D eigenvalue weighted by molar-refractivity contribution is 0.131. The maximum absolute atomic E-state index is 12.7. The number of nitrogens with one attached hydrogen (secondary N) is 1. The van der Waals surface area contributed by atoms with Crippen molar-refractivity contribution in [2.75, 3.05) is 7.11 Å². The molecule has 1 N–H and O–H groups in total. The molecule has 2 aromatic rings. The van der Waals surface area contributed by atoms with Crippen molar-refractivity contribution in [1.29, 1.82) is 0 Å². The molecule has 7 nitrogen and oxygen atoms in total. The van der Waals surface area contributed by atoms with Crippen molar-refractivity contribution in [3.05, 3.63) is 41.2 Å². The molecule has 1 fully saturated rings. The fraction of sp³-hybridized carbons (Fsp3) is 0.500.